The molecule has 2 aromatic rings. The normalized spacial score (nSPS) is 9.76. The summed E-state index contributed by atoms with van der Waals surface area (Å²) < 4.78 is 10.6. The molecule has 2 rings (SSSR count). The first-order chi connectivity index (χ1) is 10.0. The molecule has 2 aromatic carbocycles. The molecule has 0 aliphatic heterocycles. The van der Waals surface area contributed by atoms with Crippen molar-refractivity contribution in [3.05, 3.63) is 52.5 Å². The fourth-order valence-corrected chi connectivity index (χ4v) is 1.88. The summed E-state index contributed by atoms with van der Waals surface area (Å²) in [5.74, 6) is 0.0635. The molecule has 6 heteroatoms. The van der Waals surface area contributed by atoms with Crippen LogP contribution in [0.1, 0.15) is 15.9 Å². The van der Waals surface area contributed by atoms with Gasteiger partial charge in [-0.2, -0.15) is 5.26 Å². The van der Waals surface area contributed by atoms with Crippen LogP contribution in [0.3, 0.4) is 0 Å². The smallest absolute Gasteiger partial charge is 0.335 e. The molecule has 0 unspecified atom stereocenters. The van der Waals surface area contributed by atoms with E-state index in [1.807, 2.05) is 6.07 Å². The molecular formula is C15H10ClNO4. The number of rotatable bonds is 4. The number of benzene rings is 2. The molecule has 0 fully saturated rings. The van der Waals surface area contributed by atoms with Crippen LogP contribution in [0.5, 0.6) is 17.2 Å². The molecule has 0 atom stereocenters. The third-order valence-electron chi connectivity index (χ3n) is 2.65. The van der Waals surface area contributed by atoms with Crippen molar-refractivity contribution in [3.63, 3.8) is 0 Å². The highest BCUT2D eigenvalue weighted by Crippen LogP contribution is 2.32. The molecule has 106 valence electrons. The van der Waals surface area contributed by atoms with Crippen LogP contribution in [-0.2, 0) is 0 Å². The second-order valence-corrected chi connectivity index (χ2v) is 4.47. The van der Waals surface area contributed by atoms with E-state index in [-0.39, 0.29) is 10.6 Å². The Labute approximate surface area is 125 Å². The minimum absolute atomic E-state index is 0.0655. The van der Waals surface area contributed by atoms with Crippen molar-refractivity contribution in [2.75, 3.05) is 7.11 Å². The summed E-state index contributed by atoms with van der Waals surface area (Å²) >= 11 is 5.99. The molecule has 0 saturated heterocycles. The maximum atomic E-state index is 10.8. The number of aromatic carboxylic acids is 1. The van der Waals surface area contributed by atoms with Crippen molar-refractivity contribution in [3.8, 4) is 23.3 Å². The fraction of sp³-hybridized carbons (Fsp3) is 0.0667. The molecule has 0 aliphatic rings. The second-order valence-electron chi connectivity index (χ2n) is 4.06. The highest BCUT2D eigenvalue weighted by atomic mass is 35.5. The molecule has 21 heavy (non-hydrogen) atoms. The Balaban J connectivity index is 2.34. The summed E-state index contributed by atoms with van der Waals surface area (Å²) in [5.41, 5.74) is 0.443. The van der Waals surface area contributed by atoms with E-state index in [9.17, 15) is 4.79 Å². The Morgan fingerprint density at radius 2 is 1.95 bits per heavy atom. The lowest BCUT2D eigenvalue weighted by atomic mass is 10.2. The highest BCUT2D eigenvalue weighted by molar-refractivity contribution is 6.32. The minimum atomic E-state index is -1.07. The standard InChI is InChI=1S/C15H10ClNO4/c1-20-11-4-9(8-17)5-12(7-11)21-14-3-2-10(15(18)19)6-13(14)16/h2-7H,1H3,(H,18,19). The maximum Gasteiger partial charge on any atom is 0.335 e. The van der Waals surface area contributed by atoms with E-state index in [0.29, 0.717) is 22.8 Å². The number of halogens is 1. The predicted molar refractivity (Wildman–Crippen MR) is 76.2 cm³/mol. The quantitative estimate of drug-likeness (QED) is 0.931. The van der Waals surface area contributed by atoms with Gasteiger partial charge in [0.05, 0.1) is 29.3 Å². The van der Waals surface area contributed by atoms with Crippen LogP contribution < -0.4 is 9.47 Å². The number of carboxylic acid groups (broad SMARTS) is 1. The summed E-state index contributed by atoms with van der Waals surface area (Å²) in [6.07, 6.45) is 0. The van der Waals surface area contributed by atoms with Gasteiger partial charge in [0.25, 0.3) is 0 Å². The zero-order valence-corrected chi connectivity index (χ0v) is 11.7. The summed E-state index contributed by atoms with van der Waals surface area (Å²) in [6, 6.07) is 10.8. The van der Waals surface area contributed by atoms with Gasteiger partial charge in [0.1, 0.15) is 17.2 Å². The van der Waals surface area contributed by atoms with E-state index in [2.05, 4.69) is 0 Å². The van der Waals surface area contributed by atoms with Gasteiger partial charge in [0.2, 0.25) is 0 Å². The van der Waals surface area contributed by atoms with Gasteiger partial charge < -0.3 is 14.6 Å². The SMILES string of the molecule is COc1cc(C#N)cc(Oc2ccc(C(=O)O)cc2Cl)c1. The molecule has 5 nitrogen and oxygen atoms in total. The van der Waals surface area contributed by atoms with Gasteiger partial charge in [-0.1, -0.05) is 11.6 Å². The molecule has 0 aromatic heterocycles. The number of nitriles is 1. The minimum Gasteiger partial charge on any atom is -0.497 e. The van der Waals surface area contributed by atoms with Crippen LogP contribution in [0.25, 0.3) is 0 Å². The Morgan fingerprint density at radius 1 is 1.24 bits per heavy atom. The lowest BCUT2D eigenvalue weighted by Crippen LogP contribution is -1.96. The number of nitrogens with zero attached hydrogens (tertiary/aromatic N) is 1. The largest absolute Gasteiger partial charge is 0.497 e. The molecule has 0 aliphatic carbocycles. The first-order valence-corrected chi connectivity index (χ1v) is 6.21. The first kappa shape index (κ1) is 14.7. The second kappa shape index (κ2) is 6.16. The van der Waals surface area contributed by atoms with Crippen molar-refractivity contribution in [1.82, 2.24) is 0 Å². The Kier molecular flexibility index (Phi) is 4.31. The zero-order valence-electron chi connectivity index (χ0n) is 11.0. The fourth-order valence-electron chi connectivity index (χ4n) is 1.66. The molecule has 0 bridgehead atoms. The van der Waals surface area contributed by atoms with Crippen LogP contribution in [0, 0.1) is 11.3 Å². The predicted octanol–water partition coefficient (Wildman–Crippen LogP) is 3.71. The van der Waals surface area contributed by atoms with Crippen LogP contribution in [0.4, 0.5) is 0 Å². The number of hydrogen-bond donors (Lipinski definition) is 1. The molecule has 0 radical (unpaired) electrons. The van der Waals surface area contributed by atoms with Gasteiger partial charge in [0, 0.05) is 6.07 Å². The Bertz CT molecular complexity index is 737. The lowest BCUT2D eigenvalue weighted by Gasteiger charge is -2.10. The lowest BCUT2D eigenvalue weighted by molar-refractivity contribution is 0.0697. The van der Waals surface area contributed by atoms with E-state index >= 15 is 0 Å². The molecule has 0 heterocycles. The van der Waals surface area contributed by atoms with Gasteiger partial charge >= 0.3 is 5.97 Å². The number of carbonyl (C=O) groups is 1. The topological polar surface area (TPSA) is 79.5 Å². The van der Waals surface area contributed by atoms with Crippen LogP contribution in [0.2, 0.25) is 5.02 Å². The highest BCUT2D eigenvalue weighted by Gasteiger charge is 2.10. The Morgan fingerprint density at radius 3 is 2.52 bits per heavy atom. The van der Waals surface area contributed by atoms with E-state index in [4.69, 9.17) is 31.4 Å². The summed E-state index contributed by atoms with van der Waals surface area (Å²) in [5, 5.41) is 18.0. The monoisotopic (exact) mass is 303 g/mol. The van der Waals surface area contributed by atoms with Crippen molar-refractivity contribution >= 4 is 17.6 Å². The average Bonchev–Trinajstić information content (AvgIpc) is 2.48. The first-order valence-electron chi connectivity index (χ1n) is 5.83. The van der Waals surface area contributed by atoms with Crippen molar-refractivity contribution in [2.24, 2.45) is 0 Å². The van der Waals surface area contributed by atoms with Crippen molar-refractivity contribution in [1.29, 1.82) is 5.26 Å². The van der Waals surface area contributed by atoms with Crippen LogP contribution in [-0.4, -0.2) is 18.2 Å². The van der Waals surface area contributed by atoms with Crippen molar-refractivity contribution < 1.29 is 19.4 Å². The summed E-state index contributed by atoms with van der Waals surface area (Å²) in [7, 11) is 1.48. The zero-order chi connectivity index (χ0) is 15.4. The average molecular weight is 304 g/mol. The Hall–Kier alpha value is -2.71. The maximum absolute atomic E-state index is 10.8. The number of hydrogen-bond acceptors (Lipinski definition) is 4. The van der Waals surface area contributed by atoms with Gasteiger partial charge in [-0.05, 0) is 30.3 Å². The number of ether oxygens (including phenoxy) is 2. The van der Waals surface area contributed by atoms with Crippen molar-refractivity contribution in [2.45, 2.75) is 0 Å². The molecule has 0 amide bonds. The molecular weight excluding hydrogens is 294 g/mol. The van der Waals surface area contributed by atoms with Crippen LogP contribution >= 0.6 is 11.6 Å². The van der Waals surface area contributed by atoms with Gasteiger partial charge in [-0.3, -0.25) is 0 Å². The van der Waals surface area contributed by atoms with E-state index in [1.165, 1.54) is 31.4 Å². The van der Waals surface area contributed by atoms with Gasteiger partial charge in [-0.15, -0.1) is 0 Å². The van der Waals surface area contributed by atoms with E-state index in [1.54, 1.807) is 12.1 Å². The third kappa shape index (κ3) is 3.44. The number of carboxylic acids is 1. The van der Waals surface area contributed by atoms with E-state index in [0.717, 1.165) is 0 Å². The van der Waals surface area contributed by atoms with Gasteiger partial charge in [-0.25, -0.2) is 4.79 Å². The van der Waals surface area contributed by atoms with E-state index < -0.39 is 5.97 Å². The summed E-state index contributed by atoms with van der Waals surface area (Å²) in [4.78, 5) is 10.8. The molecule has 1 N–H and O–H groups in total. The summed E-state index contributed by atoms with van der Waals surface area (Å²) in [6.45, 7) is 0. The third-order valence-corrected chi connectivity index (χ3v) is 2.95. The van der Waals surface area contributed by atoms with Gasteiger partial charge in [0.15, 0.2) is 0 Å². The number of methoxy groups -OCH3 is 1. The van der Waals surface area contributed by atoms with Crippen LogP contribution in [0.15, 0.2) is 36.4 Å². The molecule has 0 spiro atoms. The molecule has 0 saturated carbocycles.